The first-order valence-electron chi connectivity index (χ1n) is 12.2. The van der Waals surface area contributed by atoms with E-state index in [1.54, 1.807) is 51.9 Å². The van der Waals surface area contributed by atoms with Crippen molar-refractivity contribution in [1.82, 2.24) is 14.5 Å². The number of hydrogen-bond acceptors (Lipinski definition) is 6. The molecule has 0 saturated carbocycles. The Morgan fingerprint density at radius 1 is 1.11 bits per heavy atom. The molecule has 1 unspecified atom stereocenters. The minimum atomic E-state index is -0.600. The molecule has 0 aliphatic carbocycles. The van der Waals surface area contributed by atoms with Crippen molar-refractivity contribution in [2.24, 2.45) is 0 Å². The number of para-hydroxylation sites is 1. The van der Waals surface area contributed by atoms with Crippen LogP contribution in [0.2, 0.25) is 10.0 Å². The second-order valence-corrected chi connectivity index (χ2v) is 9.50. The number of hydrogen-bond donors (Lipinski definition) is 0. The fraction of sp³-hybridized carbons (Fsp3) is 0.286. The molecule has 0 aliphatic heterocycles. The van der Waals surface area contributed by atoms with Crippen molar-refractivity contribution in [2.75, 3.05) is 7.11 Å². The number of aromatic nitrogens is 2. The summed E-state index contributed by atoms with van der Waals surface area (Å²) < 4.78 is 11.9. The molecule has 0 spiro atoms. The first kappa shape index (κ1) is 27.4. The number of methoxy groups -OCH3 is 1. The molecule has 0 N–H and O–H groups in total. The van der Waals surface area contributed by atoms with Crippen LogP contribution in [0.5, 0.6) is 0 Å². The lowest BCUT2D eigenvalue weighted by atomic mass is 10.1. The molecule has 0 bridgehead atoms. The van der Waals surface area contributed by atoms with Crippen LogP contribution in [0.3, 0.4) is 0 Å². The number of furan rings is 1. The van der Waals surface area contributed by atoms with Gasteiger partial charge in [-0.25, -0.2) is 4.98 Å². The molecule has 8 nitrogen and oxygen atoms in total. The van der Waals surface area contributed by atoms with Gasteiger partial charge in [0.25, 0.3) is 11.5 Å². The van der Waals surface area contributed by atoms with E-state index < -0.39 is 6.04 Å². The number of carbonyl (C=O) groups is 2. The van der Waals surface area contributed by atoms with Gasteiger partial charge in [-0.05, 0) is 55.3 Å². The Kier molecular flexibility index (Phi) is 8.86. The third-order valence-electron chi connectivity index (χ3n) is 6.28. The van der Waals surface area contributed by atoms with E-state index in [4.69, 9.17) is 37.3 Å². The number of esters is 1. The van der Waals surface area contributed by atoms with Crippen LogP contribution >= 0.6 is 23.2 Å². The normalized spacial score (nSPS) is 11.9. The minimum Gasteiger partial charge on any atom is -0.469 e. The van der Waals surface area contributed by atoms with E-state index in [-0.39, 0.29) is 42.0 Å². The van der Waals surface area contributed by atoms with E-state index in [0.717, 1.165) is 0 Å². The van der Waals surface area contributed by atoms with Gasteiger partial charge < -0.3 is 14.1 Å². The molecule has 0 fully saturated rings. The van der Waals surface area contributed by atoms with Crippen molar-refractivity contribution in [3.05, 3.63) is 98.4 Å². The fourth-order valence-corrected chi connectivity index (χ4v) is 4.67. The molecule has 2 aromatic heterocycles. The summed E-state index contributed by atoms with van der Waals surface area (Å²) in [4.78, 5) is 45.8. The van der Waals surface area contributed by atoms with Crippen LogP contribution in [-0.4, -0.2) is 33.4 Å². The molecule has 0 radical (unpaired) electrons. The lowest BCUT2D eigenvalue weighted by Gasteiger charge is -2.32. The van der Waals surface area contributed by atoms with Crippen LogP contribution < -0.4 is 5.56 Å². The average Bonchev–Trinajstić information content (AvgIpc) is 3.44. The highest BCUT2D eigenvalue weighted by atomic mass is 35.5. The number of ether oxygens (including phenoxy) is 1. The molecule has 10 heteroatoms. The molecule has 0 saturated heterocycles. The average molecular weight is 556 g/mol. The first-order chi connectivity index (χ1) is 18.3. The molecule has 38 heavy (non-hydrogen) atoms. The smallest absolute Gasteiger partial charge is 0.305 e. The molecule has 2 aromatic carbocycles. The second-order valence-electron chi connectivity index (χ2n) is 8.69. The van der Waals surface area contributed by atoms with Gasteiger partial charge in [-0.1, -0.05) is 42.3 Å². The van der Waals surface area contributed by atoms with Gasteiger partial charge in [-0.3, -0.25) is 19.0 Å². The Morgan fingerprint density at radius 3 is 2.58 bits per heavy atom. The number of rotatable bonds is 10. The fourth-order valence-electron chi connectivity index (χ4n) is 4.37. The van der Waals surface area contributed by atoms with Crippen LogP contribution in [0.15, 0.2) is 70.1 Å². The van der Waals surface area contributed by atoms with Crippen LogP contribution in [0.4, 0.5) is 0 Å². The molecule has 2 heterocycles. The van der Waals surface area contributed by atoms with E-state index >= 15 is 0 Å². The van der Waals surface area contributed by atoms with Crippen LogP contribution in [0.1, 0.15) is 54.2 Å². The lowest BCUT2D eigenvalue weighted by molar-refractivity contribution is -0.140. The van der Waals surface area contributed by atoms with E-state index in [2.05, 4.69) is 0 Å². The van der Waals surface area contributed by atoms with Gasteiger partial charge in [0.1, 0.15) is 11.6 Å². The Morgan fingerprint density at radius 2 is 1.89 bits per heavy atom. The highest BCUT2D eigenvalue weighted by molar-refractivity contribution is 6.42. The molecule has 1 amide bonds. The highest BCUT2D eigenvalue weighted by Crippen LogP contribution is 2.30. The SMILES string of the molecule is CCC(c1nc2ccccc2c(=O)n1CCCC(=O)OC)N(Cc1ccco1)C(=O)c1ccc(Cl)c(Cl)c1. The summed E-state index contributed by atoms with van der Waals surface area (Å²) in [5.74, 6) is 0.295. The van der Waals surface area contributed by atoms with Gasteiger partial charge in [0.2, 0.25) is 0 Å². The summed E-state index contributed by atoms with van der Waals surface area (Å²) in [6.07, 6.45) is 2.50. The topological polar surface area (TPSA) is 94.6 Å². The maximum Gasteiger partial charge on any atom is 0.305 e. The van der Waals surface area contributed by atoms with Crippen LogP contribution in [0, 0.1) is 0 Å². The van der Waals surface area contributed by atoms with Crippen LogP contribution in [0.25, 0.3) is 10.9 Å². The summed E-state index contributed by atoms with van der Waals surface area (Å²) >= 11 is 12.3. The van der Waals surface area contributed by atoms with Crippen molar-refractivity contribution in [3.8, 4) is 0 Å². The molecular weight excluding hydrogens is 529 g/mol. The zero-order chi connectivity index (χ0) is 27.2. The molecule has 0 aliphatic rings. The Balaban J connectivity index is 1.84. The molecule has 4 aromatic rings. The Hall–Kier alpha value is -3.62. The highest BCUT2D eigenvalue weighted by Gasteiger charge is 2.30. The predicted octanol–water partition coefficient (Wildman–Crippen LogP) is 6.04. The third kappa shape index (κ3) is 5.92. The third-order valence-corrected chi connectivity index (χ3v) is 7.02. The minimum absolute atomic E-state index is 0.134. The van der Waals surface area contributed by atoms with Crippen molar-refractivity contribution < 1.29 is 18.7 Å². The molecular formula is C28H27Cl2N3O5. The Bertz CT molecular complexity index is 1500. The first-order valence-corrected chi connectivity index (χ1v) is 12.9. The molecule has 1 atom stereocenters. The predicted molar refractivity (Wildman–Crippen MR) is 145 cm³/mol. The maximum absolute atomic E-state index is 13.9. The number of nitrogens with zero attached hydrogens (tertiary/aromatic N) is 3. The van der Waals surface area contributed by atoms with Gasteiger partial charge in [0.15, 0.2) is 0 Å². The zero-order valence-corrected chi connectivity index (χ0v) is 22.5. The summed E-state index contributed by atoms with van der Waals surface area (Å²) in [6, 6.07) is 14.7. The van der Waals surface area contributed by atoms with E-state index in [1.807, 2.05) is 13.0 Å². The molecule has 4 rings (SSSR count). The lowest BCUT2D eigenvalue weighted by Crippen LogP contribution is -2.38. The van der Waals surface area contributed by atoms with Gasteiger partial charge in [0.05, 0.1) is 46.9 Å². The van der Waals surface area contributed by atoms with Crippen molar-refractivity contribution in [2.45, 2.75) is 45.3 Å². The van der Waals surface area contributed by atoms with E-state index in [1.165, 1.54) is 19.4 Å². The quantitative estimate of drug-likeness (QED) is 0.221. The molecule has 198 valence electrons. The number of benzene rings is 2. The van der Waals surface area contributed by atoms with Crippen molar-refractivity contribution >= 4 is 46.0 Å². The number of amides is 1. The van der Waals surface area contributed by atoms with E-state index in [9.17, 15) is 14.4 Å². The van der Waals surface area contributed by atoms with Gasteiger partial charge in [-0.15, -0.1) is 0 Å². The second kappa shape index (κ2) is 12.3. The summed E-state index contributed by atoms with van der Waals surface area (Å²) in [7, 11) is 1.33. The number of fused-ring (bicyclic) bond motifs is 1. The number of halogens is 2. The maximum atomic E-state index is 13.9. The standard InChI is InChI=1S/C28H27Cl2N3O5/c1-3-24(33(17-19-8-7-15-38-19)27(35)18-12-13-21(29)22(30)16-18)26-31-23-10-5-4-9-20(23)28(36)32(26)14-6-11-25(34)37-2/h4-5,7-10,12-13,15-16,24H,3,6,11,14,17H2,1-2H3. The van der Waals surface area contributed by atoms with Crippen molar-refractivity contribution in [3.63, 3.8) is 0 Å². The Labute approximate surface area is 229 Å². The summed E-state index contributed by atoms with van der Waals surface area (Å²) in [5, 5.41) is 1.05. The van der Waals surface area contributed by atoms with Crippen molar-refractivity contribution in [1.29, 1.82) is 0 Å². The zero-order valence-electron chi connectivity index (χ0n) is 21.0. The van der Waals surface area contributed by atoms with Gasteiger partial charge in [-0.2, -0.15) is 0 Å². The monoisotopic (exact) mass is 555 g/mol. The van der Waals surface area contributed by atoms with Gasteiger partial charge in [0, 0.05) is 18.5 Å². The van der Waals surface area contributed by atoms with Crippen LogP contribution in [-0.2, 0) is 22.6 Å². The largest absolute Gasteiger partial charge is 0.469 e. The summed E-state index contributed by atoms with van der Waals surface area (Å²) in [5.41, 5.74) is 0.619. The van der Waals surface area contributed by atoms with E-state index in [0.29, 0.717) is 45.9 Å². The van der Waals surface area contributed by atoms with Gasteiger partial charge >= 0.3 is 5.97 Å². The summed E-state index contributed by atoms with van der Waals surface area (Å²) in [6.45, 7) is 2.28. The number of carbonyl (C=O) groups excluding carboxylic acids is 2.